The molecule has 2 aromatic rings. The molecule has 0 N–H and O–H groups in total. The van der Waals surface area contributed by atoms with Crippen LogP contribution in [0.15, 0.2) is 36.4 Å². The van der Waals surface area contributed by atoms with Crippen LogP contribution in [-0.4, -0.2) is 4.92 Å². The minimum Gasteiger partial charge on any atom is -0.488 e. The molecule has 0 fully saturated rings. The highest BCUT2D eigenvalue weighted by atomic mass is 35.5. The van der Waals surface area contributed by atoms with Gasteiger partial charge in [-0.25, -0.2) is 0 Å². The summed E-state index contributed by atoms with van der Waals surface area (Å²) in [4.78, 5) is 10.6. The van der Waals surface area contributed by atoms with Gasteiger partial charge in [-0.1, -0.05) is 29.3 Å². The molecule has 21 heavy (non-hydrogen) atoms. The Labute approximate surface area is 132 Å². The molecule has 0 aliphatic heterocycles. The quantitative estimate of drug-likeness (QED) is 0.447. The van der Waals surface area contributed by atoms with Gasteiger partial charge in [-0.05, 0) is 25.1 Å². The van der Waals surface area contributed by atoms with Gasteiger partial charge >= 0.3 is 0 Å². The van der Waals surface area contributed by atoms with Gasteiger partial charge in [0, 0.05) is 16.7 Å². The van der Waals surface area contributed by atoms with Crippen molar-refractivity contribution >= 4 is 28.9 Å². The average molecular weight is 326 g/mol. The van der Waals surface area contributed by atoms with E-state index in [1.807, 2.05) is 25.1 Å². The summed E-state index contributed by atoms with van der Waals surface area (Å²) in [5.41, 5.74) is 2.34. The number of halogens is 2. The van der Waals surface area contributed by atoms with Crippen molar-refractivity contribution in [3.8, 4) is 5.75 Å². The van der Waals surface area contributed by atoms with Crippen LogP contribution in [0.25, 0.3) is 0 Å². The van der Waals surface area contributed by atoms with Crippen molar-refractivity contribution in [1.82, 2.24) is 0 Å². The Hall–Kier alpha value is -1.78. The second-order valence-electron chi connectivity index (χ2n) is 4.56. The van der Waals surface area contributed by atoms with Crippen molar-refractivity contribution in [2.45, 2.75) is 19.4 Å². The molecule has 0 unspecified atom stereocenters. The second kappa shape index (κ2) is 6.78. The Morgan fingerprint density at radius 1 is 1.19 bits per heavy atom. The van der Waals surface area contributed by atoms with Crippen LogP contribution in [0.5, 0.6) is 5.75 Å². The highest BCUT2D eigenvalue weighted by Gasteiger charge is 2.15. The van der Waals surface area contributed by atoms with E-state index in [0.29, 0.717) is 22.2 Å². The topological polar surface area (TPSA) is 52.4 Å². The molecule has 0 aliphatic carbocycles. The van der Waals surface area contributed by atoms with Crippen molar-refractivity contribution in [3.05, 3.63) is 68.2 Å². The molecule has 0 radical (unpaired) electrons. The lowest BCUT2D eigenvalue weighted by atomic mass is 10.1. The normalized spacial score (nSPS) is 10.4. The SMILES string of the molecule is Cc1ccc(OCc2ccc(Cl)cc2[N+](=O)[O-])c(CCl)c1. The van der Waals surface area contributed by atoms with E-state index in [9.17, 15) is 10.1 Å². The van der Waals surface area contributed by atoms with Crippen LogP contribution in [-0.2, 0) is 12.5 Å². The number of nitrogens with zero attached hydrogens (tertiary/aromatic N) is 1. The fraction of sp³-hybridized carbons (Fsp3) is 0.200. The molecule has 6 heteroatoms. The Kier molecular flexibility index (Phi) is 5.04. The van der Waals surface area contributed by atoms with E-state index in [-0.39, 0.29) is 12.3 Å². The van der Waals surface area contributed by atoms with Crippen molar-refractivity contribution in [1.29, 1.82) is 0 Å². The largest absolute Gasteiger partial charge is 0.488 e. The number of rotatable bonds is 5. The average Bonchev–Trinajstić information content (AvgIpc) is 2.46. The van der Waals surface area contributed by atoms with Crippen LogP contribution in [0.2, 0.25) is 5.02 Å². The van der Waals surface area contributed by atoms with E-state index in [2.05, 4.69) is 0 Å². The summed E-state index contributed by atoms with van der Waals surface area (Å²) in [5, 5.41) is 11.3. The van der Waals surface area contributed by atoms with Gasteiger partial charge in [0.2, 0.25) is 0 Å². The lowest BCUT2D eigenvalue weighted by molar-refractivity contribution is -0.385. The lowest BCUT2D eigenvalue weighted by Crippen LogP contribution is -2.02. The maximum atomic E-state index is 11.0. The molecule has 0 spiro atoms. The van der Waals surface area contributed by atoms with Gasteiger partial charge in [0.1, 0.15) is 12.4 Å². The summed E-state index contributed by atoms with van der Waals surface area (Å²) in [6.45, 7) is 2.05. The van der Waals surface area contributed by atoms with Crippen LogP contribution in [0.1, 0.15) is 16.7 Å². The summed E-state index contributed by atoms with van der Waals surface area (Å²) in [5.74, 6) is 0.944. The maximum absolute atomic E-state index is 11.0. The van der Waals surface area contributed by atoms with Crippen molar-refractivity contribution in [2.24, 2.45) is 0 Å². The number of hydrogen-bond acceptors (Lipinski definition) is 3. The van der Waals surface area contributed by atoms with E-state index in [4.69, 9.17) is 27.9 Å². The van der Waals surface area contributed by atoms with E-state index in [0.717, 1.165) is 11.1 Å². The Morgan fingerprint density at radius 3 is 2.62 bits per heavy atom. The standard InChI is InChI=1S/C15H13Cl2NO3/c1-10-2-5-15(12(6-10)8-16)21-9-11-3-4-13(17)7-14(11)18(19)20/h2-7H,8-9H2,1H3. The molecule has 110 valence electrons. The molecule has 0 atom stereocenters. The fourth-order valence-electron chi connectivity index (χ4n) is 1.94. The highest BCUT2D eigenvalue weighted by molar-refractivity contribution is 6.30. The predicted octanol–water partition coefficient (Wildman–Crippen LogP) is 4.87. The van der Waals surface area contributed by atoms with Gasteiger partial charge in [0.25, 0.3) is 5.69 Å². The van der Waals surface area contributed by atoms with Gasteiger partial charge in [-0.15, -0.1) is 11.6 Å². The van der Waals surface area contributed by atoms with Crippen molar-refractivity contribution < 1.29 is 9.66 Å². The zero-order chi connectivity index (χ0) is 15.4. The minimum atomic E-state index is -0.470. The lowest BCUT2D eigenvalue weighted by Gasteiger charge is -2.11. The first kappa shape index (κ1) is 15.6. The van der Waals surface area contributed by atoms with Crippen LogP contribution >= 0.6 is 23.2 Å². The van der Waals surface area contributed by atoms with Crippen molar-refractivity contribution in [3.63, 3.8) is 0 Å². The van der Waals surface area contributed by atoms with Crippen molar-refractivity contribution in [2.75, 3.05) is 0 Å². The zero-order valence-electron chi connectivity index (χ0n) is 11.3. The maximum Gasteiger partial charge on any atom is 0.277 e. The molecule has 0 aromatic heterocycles. The third kappa shape index (κ3) is 3.86. The zero-order valence-corrected chi connectivity index (χ0v) is 12.8. The molecule has 2 rings (SSSR count). The Morgan fingerprint density at radius 2 is 1.95 bits per heavy atom. The third-order valence-electron chi connectivity index (χ3n) is 2.99. The number of nitro benzene ring substituents is 1. The molecule has 0 saturated heterocycles. The molecule has 2 aromatic carbocycles. The summed E-state index contributed by atoms with van der Waals surface area (Å²) in [6, 6.07) is 10.2. The first-order chi connectivity index (χ1) is 10.0. The summed E-state index contributed by atoms with van der Waals surface area (Å²) in [7, 11) is 0. The number of benzene rings is 2. The van der Waals surface area contributed by atoms with Crippen LogP contribution < -0.4 is 4.74 Å². The van der Waals surface area contributed by atoms with E-state index in [1.165, 1.54) is 6.07 Å². The molecule has 4 nitrogen and oxygen atoms in total. The van der Waals surface area contributed by atoms with Gasteiger partial charge in [0.05, 0.1) is 16.4 Å². The van der Waals surface area contributed by atoms with E-state index < -0.39 is 4.92 Å². The number of nitro groups is 1. The first-order valence-corrected chi connectivity index (χ1v) is 7.13. The molecule has 0 bridgehead atoms. The first-order valence-electron chi connectivity index (χ1n) is 6.22. The Bertz CT molecular complexity index is 674. The van der Waals surface area contributed by atoms with Gasteiger partial charge in [0.15, 0.2) is 0 Å². The van der Waals surface area contributed by atoms with Gasteiger partial charge in [-0.3, -0.25) is 10.1 Å². The number of hydrogen-bond donors (Lipinski definition) is 0. The molecule has 0 amide bonds. The molecular formula is C15H13Cl2NO3. The monoisotopic (exact) mass is 325 g/mol. The fourth-order valence-corrected chi connectivity index (χ4v) is 2.31. The molecule has 0 aliphatic rings. The molecular weight excluding hydrogens is 313 g/mol. The summed E-state index contributed by atoms with van der Waals surface area (Å²) in [6.07, 6.45) is 0. The van der Waals surface area contributed by atoms with Gasteiger partial charge in [-0.2, -0.15) is 0 Å². The summed E-state index contributed by atoms with van der Waals surface area (Å²) >= 11 is 11.7. The third-order valence-corrected chi connectivity index (χ3v) is 3.51. The Balaban J connectivity index is 2.22. The molecule has 0 heterocycles. The summed E-state index contributed by atoms with van der Waals surface area (Å²) < 4.78 is 5.67. The second-order valence-corrected chi connectivity index (χ2v) is 5.27. The smallest absolute Gasteiger partial charge is 0.277 e. The minimum absolute atomic E-state index is 0.0537. The number of alkyl halides is 1. The van der Waals surface area contributed by atoms with Crippen LogP contribution in [0.4, 0.5) is 5.69 Å². The number of aryl methyl sites for hydroxylation is 1. The highest BCUT2D eigenvalue weighted by Crippen LogP contribution is 2.27. The van der Waals surface area contributed by atoms with E-state index >= 15 is 0 Å². The van der Waals surface area contributed by atoms with Crippen LogP contribution in [0, 0.1) is 17.0 Å². The van der Waals surface area contributed by atoms with Crippen LogP contribution in [0.3, 0.4) is 0 Å². The molecule has 0 saturated carbocycles. The number of ether oxygens (including phenoxy) is 1. The predicted molar refractivity (Wildman–Crippen MR) is 83.2 cm³/mol. The van der Waals surface area contributed by atoms with E-state index in [1.54, 1.807) is 12.1 Å². The van der Waals surface area contributed by atoms with Gasteiger partial charge < -0.3 is 4.74 Å².